The monoisotopic (exact) mass is 340 g/mol. The molecule has 10 heteroatoms. The van der Waals surface area contributed by atoms with Crippen molar-refractivity contribution in [2.24, 2.45) is 0 Å². The highest BCUT2D eigenvalue weighted by Crippen LogP contribution is 2.21. The lowest BCUT2D eigenvalue weighted by Crippen LogP contribution is -2.21. The standard InChI is InChI=1S/C13H20N6O3S/c1-5-18-7-10(12(16-18)13(20)14-4)17-23(21,22)11-8-19(6-2)15-9(11)3/h7-8,17H,5-6H2,1-4H3,(H,14,20). The molecule has 0 fully saturated rings. The molecule has 0 aliphatic carbocycles. The normalized spacial score (nSPS) is 11.5. The van der Waals surface area contributed by atoms with Crippen molar-refractivity contribution in [2.45, 2.75) is 38.8 Å². The number of rotatable bonds is 6. The fourth-order valence-electron chi connectivity index (χ4n) is 2.07. The number of carbonyl (C=O) groups excluding carboxylic acids is 1. The maximum absolute atomic E-state index is 12.6. The third-order valence-electron chi connectivity index (χ3n) is 3.29. The van der Waals surface area contributed by atoms with Crippen LogP contribution in [0.1, 0.15) is 30.0 Å². The van der Waals surface area contributed by atoms with Gasteiger partial charge < -0.3 is 5.32 Å². The molecule has 2 N–H and O–H groups in total. The number of nitrogens with zero attached hydrogens (tertiary/aromatic N) is 4. The van der Waals surface area contributed by atoms with E-state index in [0.717, 1.165) is 0 Å². The summed E-state index contributed by atoms with van der Waals surface area (Å²) in [5.41, 5.74) is 0.553. The van der Waals surface area contributed by atoms with Crippen molar-refractivity contribution in [2.75, 3.05) is 11.8 Å². The Kier molecular flexibility index (Phi) is 4.73. The molecule has 0 aromatic carbocycles. The molecule has 0 saturated carbocycles. The molecule has 2 aromatic heterocycles. The second-order valence-electron chi connectivity index (χ2n) is 4.87. The lowest BCUT2D eigenvalue weighted by molar-refractivity contribution is 0.0958. The molecule has 2 aromatic rings. The van der Waals surface area contributed by atoms with E-state index in [-0.39, 0.29) is 16.3 Å². The van der Waals surface area contributed by atoms with Gasteiger partial charge in [-0.2, -0.15) is 10.2 Å². The Morgan fingerprint density at radius 3 is 2.30 bits per heavy atom. The molecule has 0 bridgehead atoms. The lowest BCUT2D eigenvalue weighted by Gasteiger charge is -2.06. The van der Waals surface area contributed by atoms with Crippen LogP contribution in [0.2, 0.25) is 0 Å². The van der Waals surface area contributed by atoms with Gasteiger partial charge in [-0.25, -0.2) is 8.42 Å². The SMILES string of the molecule is CCn1cc(S(=O)(=O)Nc2cn(CC)nc2C(=O)NC)c(C)n1. The zero-order valence-corrected chi connectivity index (χ0v) is 14.3. The summed E-state index contributed by atoms with van der Waals surface area (Å²) >= 11 is 0. The van der Waals surface area contributed by atoms with Crippen molar-refractivity contribution in [1.29, 1.82) is 0 Å². The summed E-state index contributed by atoms with van der Waals surface area (Å²) < 4.78 is 30.6. The first-order valence-electron chi connectivity index (χ1n) is 7.18. The predicted octanol–water partition coefficient (Wildman–Crippen LogP) is 0.588. The molecular formula is C13H20N6O3S. The fourth-order valence-corrected chi connectivity index (χ4v) is 3.31. The van der Waals surface area contributed by atoms with Crippen LogP contribution >= 0.6 is 0 Å². The minimum absolute atomic E-state index is 0.0264. The van der Waals surface area contributed by atoms with Gasteiger partial charge in [0.25, 0.3) is 15.9 Å². The van der Waals surface area contributed by atoms with Crippen molar-refractivity contribution < 1.29 is 13.2 Å². The molecule has 2 rings (SSSR count). The summed E-state index contributed by atoms with van der Waals surface area (Å²) in [7, 11) is -2.40. The first-order chi connectivity index (χ1) is 10.8. The predicted molar refractivity (Wildman–Crippen MR) is 84.7 cm³/mol. The minimum Gasteiger partial charge on any atom is -0.354 e. The van der Waals surface area contributed by atoms with E-state index in [9.17, 15) is 13.2 Å². The van der Waals surface area contributed by atoms with Crippen molar-refractivity contribution in [3.63, 3.8) is 0 Å². The molecule has 9 nitrogen and oxygen atoms in total. The molecule has 0 aliphatic rings. The molecule has 1 amide bonds. The third-order valence-corrected chi connectivity index (χ3v) is 4.76. The molecule has 0 unspecified atom stereocenters. The van der Waals surface area contributed by atoms with Crippen LogP contribution < -0.4 is 10.0 Å². The van der Waals surface area contributed by atoms with Crippen molar-refractivity contribution in [3.8, 4) is 0 Å². The Labute approximate surface area is 134 Å². The third kappa shape index (κ3) is 3.36. The fraction of sp³-hybridized carbons (Fsp3) is 0.462. The topological polar surface area (TPSA) is 111 Å². The lowest BCUT2D eigenvalue weighted by atomic mass is 10.3. The van der Waals surface area contributed by atoms with Crippen LogP contribution in [-0.4, -0.2) is 40.9 Å². The van der Waals surface area contributed by atoms with Gasteiger partial charge in [0.05, 0.1) is 11.4 Å². The summed E-state index contributed by atoms with van der Waals surface area (Å²) in [6.45, 7) is 6.40. The first kappa shape index (κ1) is 17.0. The van der Waals surface area contributed by atoms with E-state index in [1.165, 1.54) is 24.1 Å². The van der Waals surface area contributed by atoms with Gasteiger partial charge in [-0.05, 0) is 20.8 Å². The van der Waals surface area contributed by atoms with Crippen molar-refractivity contribution >= 4 is 21.6 Å². The Morgan fingerprint density at radius 2 is 1.78 bits per heavy atom. The van der Waals surface area contributed by atoms with Gasteiger partial charge in [0.15, 0.2) is 5.69 Å². The smallest absolute Gasteiger partial charge is 0.273 e. The van der Waals surface area contributed by atoms with E-state index in [2.05, 4.69) is 20.2 Å². The molecule has 0 saturated heterocycles. The van der Waals surface area contributed by atoms with Crippen molar-refractivity contribution in [3.05, 3.63) is 23.8 Å². The van der Waals surface area contributed by atoms with E-state index in [0.29, 0.717) is 18.8 Å². The van der Waals surface area contributed by atoms with E-state index < -0.39 is 15.9 Å². The highest BCUT2D eigenvalue weighted by Gasteiger charge is 2.24. The summed E-state index contributed by atoms with van der Waals surface area (Å²) in [4.78, 5) is 11.9. The largest absolute Gasteiger partial charge is 0.354 e. The number of hydrogen-bond acceptors (Lipinski definition) is 5. The second-order valence-corrected chi connectivity index (χ2v) is 6.52. The molecule has 2 heterocycles. The Hall–Kier alpha value is -2.36. The van der Waals surface area contributed by atoms with E-state index >= 15 is 0 Å². The number of aryl methyl sites for hydroxylation is 3. The summed E-state index contributed by atoms with van der Waals surface area (Å²) in [5.74, 6) is -0.462. The zero-order chi connectivity index (χ0) is 17.2. The molecule has 23 heavy (non-hydrogen) atoms. The maximum Gasteiger partial charge on any atom is 0.273 e. The van der Waals surface area contributed by atoms with Crippen LogP contribution in [-0.2, 0) is 23.1 Å². The molecule has 0 atom stereocenters. The van der Waals surface area contributed by atoms with Gasteiger partial charge in [0.1, 0.15) is 4.90 Å². The van der Waals surface area contributed by atoms with E-state index in [4.69, 9.17) is 0 Å². The number of carbonyl (C=O) groups is 1. The van der Waals surface area contributed by atoms with Crippen LogP contribution in [0.4, 0.5) is 5.69 Å². The Bertz CT molecular complexity index is 821. The van der Waals surface area contributed by atoms with E-state index in [1.54, 1.807) is 11.6 Å². The maximum atomic E-state index is 12.6. The van der Waals surface area contributed by atoms with Gasteiger partial charge in [0, 0.05) is 32.5 Å². The summed E-state index contributed by atoms with van der Waals surface area (Å²) in [6.07, 6.45) is 2.95. The van der Waals surface area contributed by atoms with Crippen LogP contribution in [0.15, 0.2) is 17.3 Å². The second kappa shape index (κ2) is 6.41. The van der Waals surface area contributed by atoms with E-state index in [1.807, 2.05) is 13.8 Å². The molecular weight excluding hydrogens is 320 g/mol. The van der Waals surface area contributed by atoms with Crippen molar-refractivity contribution in [1.82, 2.24) is 24.9 Å². The number of amides is 1. The minimum atomic E-state index is -3.86. The van der Waals surface area contributed by atoms with Crippen LogP contribution in [0.5, 0.6) is 0 Å². The number of nitrogens with one attached hydrogen (secondary N) is 2. The van der Waals surface area contributed by atoms with Crippen LogP contribution in [0.25, 0.3) is 0 Å². The zero-order valence-electron chi connectivity index (χ0n) is 13.5. The quantitative estimate of drug-likeness (QED) is 0.799. The average Bonchev–Trinajstić information content (AvgIpc) is 3.09. The molecule has 0 spiro atoms. The van der Waals surface area contributed by atoms with Crippen LogP contribution in [0, 0.1) is 6.92 Å². The van der Waals surface area contributed by atoms with Gasteiger partial charge in [-0.15, -0.1) is 0 Å². The van der Waals surface area contributed by atoms with Gasteiger partial charge >= 0.3 is 0 Å². The first-order valence-corrected chi connectivity index (χ1v) is 8.67. The average molecular weight is 340 g/mol. The number of hydrogen-bond donors (Lipinski definition) is 2. The van der Waals surface area contributed by atoms with Crippen LogP contribution in [0.3, 0.4) is 0 Å². The highest BCUT2D eigenvalue weighted by molar-refractivity contribution is 7.92. The number of anilines is 1. The number of aromatic nitrogens is 4. The van der Waals surface area contributed by atoms with Gasteiger partial charge in [-0.1, -0.05) is 0 Å². The highest BCUT2D eigenvalue weighted by atomic mass is 32.2. The number of sulfonamides is 1. The Morgan fingerprint density at radius 1 is 1.17 bits per heavy atom. The summed E-state index contributed by atoms with van der Waals surface area (Å²) in [5, 5.41) is 10.7. The summed E-state index contributed by atoms with van der Waals surface area (Å²) in [6, 6.07) is 0. The molecule has 0 aliphatic heterocycles. The van der Waals surface area contributed by atoms with Gasteiger partial charge in [-0.3, -0.25) is 18.9 Å². The van der Waals surface area contributed by atoms with Gasteiger partial charge in [0.2, 0.25) is 0 Å². The molecule has 0 radical (unpaired) electrons. The molecule has 126 valence electrons. The Balaban J connectivity index is 2.42.